The quantitative estimate of drug-likeness (QED) is 0.741. The molecule has 0 spiro atoms. The summed E-state index contributed by atoms with van der Waals surface area (Å²) in [6.07, 6.45) is 1.53. The van der Waals surface area contributed by atoms with E-state index in [1.165, 1.54) is 12.3 Å². The minimum Gasteiger partial charge on any atom is -0.447 e. The summed E-state index contributed by atoms with van der Waals surface area (Å²) in [6, 6.07) is 2.61. The molecule has 0 aliphatic heterocycles. The molecule has 0 saturated heterocycles. The Bertz CT molecular complexity index is 510. The Balaban J connectivity index is 2.76. The van der Waals surface area contributed by atoms with E-state index >= 15 is 0 Å². The Hall–Kier alpha value is -0.700. The second-order valence-electron chi connectivity index (χ2n) is 4.01. The van der Waals surface area contributed by atoms with E-state index in [0.29, 0.717) is 12.3 Å². The highest BCUT2D eigenvalue weighted by molar-refractivity contribution is 7.89. The van der Waals surface area contributed by atoms with Crippen LogP contribution in [-0.4, -0.2) is 37.7 Å². The van der Waals surface area contributed by atoms with E-state index in [-0.39, 0.29) is 10.8 Å². The molecule has 2 N–H and O–H groups in total. The lowest BCUT2D eigenvalue weighted by Gasteiger charge is -2.11. The maximum atomic E-state index is 11.9. The van der Waals surface area contributed by atoms with Crippen molar-refractivity contribution >= 4 is 20.8 Å². The average molecular weight is 294 g/mol. The van der Waals surface area contributed by atoms with Gasteiger partial charge < -0.3 is 9.73 Å². The summed E-state index contributed by atoms with van der Waals surface area (Å²) in [6.45, 7) is 2.13. The van der Waals surface area contributed by atoms with Crippen LogP contribution in [0.5, 0.6) is 0 Å². The molecule has 1 rings (SSSR count). The SMILES string of the molecule is CNCc1ccc(S(=O)(=O)NC(C)CS(C)=O)o1. The Labute approximate surface area is 110 Å². The molecule has 0 saturated carbocycles. The lowest BCUT2D eigenvalue weighted by Crippen LogP contribution is -2.36. The molecule has 1 heterocycles. The number of hydrogen-bond acceptors (Lipinski definition) is 5. The van der Waals surface area contributed by atoms with E-state index < -0.39 is 26.9 Å². The highest BCUT2D eigenvalue weighted by atomic mass is 32.2. The minimum absolute atomic E-state index is 0.124. The van der Waals surface area contributed by atoms with Gasteiger partial charge in [0.15, 0.2) is 0 Å². The molecular weight excluding hydrogens is 276 g/mol. The average Bonchev–Trinajstić information content (AvgIpc) is 2.65. The van der Waals surface area contributed by atoms with Crippen LogP contribution in [-0.2, 0) is 27.4 Å². The highest BCUT2D eigenvalue weighted by Gasteiger charge is 2.21. The zero-order valence-electron chi connectivity index (χ0n) is 10.6. The van der Waals surface area contributed by atoms with Crippen molar-refractivity contribution < 1.29 is 17.0 Å². The van der Waals surface area contributed by atoms with Gasteiger partial charge in [-0.2, -0.15) is 0 Å². The van der Waals surface area contributed by atoms with Gasteiger partial charge in [0.05, 0.1) is 6.54 Å². The lowest BCUT2D eigenvalue weighted by atomic mass is 10.4. The first-order valence-electron chi connectivity index (χ1n) is 5.41. The first-order chi connectivity index (χ1) is 8.35. The summed E-state index contributed by atoms with van der Waals surface area (Å²) < 4.78 is 42.5. The summed E-state index contributed by atoms with van der Waals surface area (Å²) in [5.41, 5.74) is 0. The van der Waals surface area contributed by atoms with E-state index in [9.17, 15) is 12.6 Å². The molecule has 0 radical (unpaired) electrons. The topological polar surface area (TPSA) is 88.4 Å². The predicted molar refractivity (Wildman–Crippen MR) is 70.2 cm³/mol. The van der Waals surface area contributed by atoms with Gasteiger partial charge in [0.25, 0.3) is 10.0 Å². The fourth-order valence-corrected chi connectivity index (χ4v) is 3.57. The summed E-state index contributed by atoms with van der Waals surface area (Å²) in [7, 11) is -2.99. The fourth-order valence-electron chi connectivity index (χ4n) is 1.48. The maximum absolute atomic E-state index is 11.9. The van der Waals surface area contributed by atoms with Crippen molar-refractivity contribution in [3.8, 4) is 0 Å². The largest absolute Gasteiger partial charge is 0.447 e. The van der Waals surface area contributed by atoms with E-state index in [0.717, 1.165) is 0 Å². The standard InChI is InChI=1S/C10H18N2O4S2/c1-8(7-17(3)13)12-18(14,15)10-5-4-9(16-10)6-11-2/h4-5,8,11-12H,6-7H2,1-3H3. The molecule has 18 heavy (non-hydrogen) atoms. The van der Waals surface area contributed by atoms with Crippen molar-refractivity contribution in [3.05, 3.63) is 17.9 Å². The molecule has 0 bridgehead atoms. The first kappa shape index (κ1) is 15.4. The van der Waals surface area contributed by atoms with Crippen LogP contribution in [0.2, 0.25) is 0 Å². The molecule has 0 aliphatic carbocycles. The lowest BCUT2D eigenvalue weighted by molar-refractivity contribution is 0.403. The van der Waals surface area contributed by atoms with Gasteiger partial charge in [-0.1, -0.05) is 0 Å². The molecule has 0 amide bonds. The second kappa shape index (κ2) is 6.46. The van der Waals surface area contributed by atoms with Crippen molar-refractivity contribution in [2.24, 2.45) is 0 Å². The van der Waals surface area contributed by atoms with Gasteiger partial charge in [-0.15, -0.1) is 0 Å². The number of nitrogens with one attached hydrogen (secondary N) is 2. The van der Waals surface area contributed by atoms with Crippen LogP contribution in [0.3, 0.4) is 0 Å². The van der Waals surface area contributed by atoms with Gasteiger partial charge in [-0.25, -0.2) is 13.1 Å². The van der Waals surface area contributed by atoms with Crippen LogP contribution in [0.15, 0.2) is 21.6 Å². The molecule has 0 fully saturated rings. The Morgan fingerprint density at radius 2 is 2.11 bits per heavy atom. The van der Waals surface area contributed by atoms with Crippen LogP contribution < -0.4 is 10.0 Å². The zero-order chi connectivity index (χ0) is 13.8. The Morgan fingerprint density at radius 3 is 2.67 bits per heavy atom. The van der Waals surface area contributed by atoms with E-state index in [1.807, 2.05) is 0 Å². The van der Waals surface area contributed by atoms with Crippen molar-refractivity contribution in [2.45, 2.75) is 24.6 Å². The molecule has 104 valence electrons. The van der Waals surface area contributed by atoms with Crippen molar-refractivity contribution in [2.75, 3.05) is 19.1 Å². The third-order valence-corrected chi connectivity index (χ3v) is 4.53. The molecule has 1 aromatic rings. The van der Waals surface area contributed by atoms with Crippen molar-refractivity contribution in [1.29, 1.82) is 0 Å². The van der Waals surface area contributed by atoms with Crippen LogP contribution in [0.4, 0.5) is 0 Å². The van der Waals surface area contributed by atoms with Crippen LogP contribution >= 0.6 is 0 Å². The third-order valence-electron chi connectivity index (χ3n) is 2.09. The second-order valence-corrected chi connectivity index (χ2v) is 7.14. The van der Waals surface area contributed by atoms with E-state index in [2.05, 4.69) is 10.0 Å². The number of furan rings is 1. The van der Waals surface area contributed by atoms with Crippen LogP contribution in [0.1, 0.15) is 12.7 Å². The Kier molecular flexibility index (Phi) is 5.51. The normalized spacial score (nSPS) is 15.5. The molecule has 1 aromatic heterocycles. The predicted octanol–water partition coefficient (Wildman–Crippen LogP) is 0.0443. The molecule has 2 unspecified atom stereocenters. The summed E-state index contributed by atoms with van der Waals surface area (Å²) in [5.74, 6) is 0.813. The highest BCUT2D eigenvalue weighted by Crippen LogP contribution is 2.14. The molecule has 2 atom stereocenters. The molecule has 0 aromatic carbocycles. The Morgan fingerprint density at radius 1 is 1.44 bits per heavy atom. The summed E-state index contributed by atoms with van der Waals surface area (Å²) in [5, 5.41) is 2.74. The molecule has 8 heteroatoms. The summed E-state index contributed by atoms with van der Waals surface area (Å²) in [4.78, 5) is 0. The van der Waals surface area contributed by atoms with E-state index in [1.54, 1.807) is 20.0 Å². The van der Waals surface area contributed by atoms with Gasteiger partial charge in [0, 0.05) is 28.9 Å². The third kappa shape index (κ3) is 4.52. The minimum atomic E-state index is -3.68. The monoisotopic (exact) mass is 294 g/mol. The van der Waals surface area contributed by atoms with Crippen LogP contribution in [0, 0.1) is 0 Å². The van der Waals surface area contributed by atoms with Gasteiger partial charge in [-0.3, -0.25) is 4.21 Å². The fraction of sp³-hybridized carbons (Fsp3) is 0.600. The van der Waals surface area contributed by atoms with E-state index in [4.69, 9.17) is 4.42 Å². The molecule has 0 aliphatic rings. The van der Waals surface area contributed by atoms with Gasteiger partial charge in [-0.05, 0) is 26.1 Å². The first-order valence-corrected chi connectivity index (χ1v) is 8.62. The van der Waals surface area contributed by atoms with Gasteiger partial charge >= 0.3 is 0 Å². The molecule has 6 nitrogen and oxygen atoms in total. The number of rotatable bonds is 7. The van der Waals surface area contributed by atoms with Crippen LogP contribution in [0.25, 0.3) is 0 Å². The van der Waals surface area contributed by atoms with Crippen molar-refractivity contribution in [1.82, 2.24) is 10.0 Å². The molecular formula is C10H18N2O4S2. The number of sulfonamides is 1. The smallest absolute Gasteiger partial charge is 0.274 e. The summed E-state index contributed by atoms with van der Waals surface area (Å²) >= 11 is 0. The maximum Gasteiger partial charge on any atom is 0.274 e. The zero-order valence-corrected chi connectivity index (χ0v) is 12.2. The van der Waals surface area contributed by atoms with Gasteiger partial charge in [0.2, 0.25) is 5.09 Å². The van der Waals surface area contributed by atoms with Crippen molar-refractivity contribution in [3.63, 3.8) is 0 Å². The number of hydrogen-bond donors (Lipinski definition) is 2. The van der Waals surface area contributed by atoms with Gasteiger partial charge in [0.1, 0.15) is 5.76 Å².